The number of carboxylic acid groups (broad SMARTS) is 1. The molecule has 110 valence electrons. The van der Waals surface area contributed by atoms with Crippen molar-refractivity contribution in [3.8, 4) is 0 Å². The molecule has 3 nitrogen and oxygen atoms in total. The van der Waals surface area contributed by atoms with Crippen molar-refractivity contribution in [3.63, 3.8) is 0 Å². The molecule has 1 atom stereocenters. The zero-order chi connectivity index (χ0) is 14.8. The standard InChI is InChI=1S/C16H29NO2/c1-13(2)7-6-8-14(3)11-15(12-16(18)19)9-10-17(4)5/h7,11,15H,6,8-10,12H2,1-5H3,(H,18,19). The fourth-order valence-electron chi connectivity index (χ4n) is 1.97. The Bertz CT molecular complexity index is 326. The van der Waals surface area contributed by atoms with Gasteiger partial charge in [0.2, 0.25) is 0 Å². The van der Waals surface area contributed by atoms with Crippen LogP contribution < -0.4 is 0 Å². The minimum atomic E-state index is -0.711. The van der Waals surface area contributed by atoms with E-state index in [1.54, 1.807) is 0 Å². The third kappa shape index (κ3) is 11.7. The van der Waals surface area contributed by atoms with E-state index in [1.807, 2.05) is 14.1 Å². The average molecular weight is 267 g/mol. The van der Waals surface area contributed by atoms with Crippen LogP contribution in [0.1, 0.15) is 46.5 Å². The molecule has 0 amide bonds. The number of hydrogen-bond acceptors (Lipinski definition) is 2. The highest BCUT2D eigenvalue weighted by Crippen LogP contribution is 2.16. The van der Waals surface area contributed by atoms with Gasteiger partial charge in [0, 0.05) is 0 Å². The van der Waals surface area contributed by atoms with Crippen molar-refractivity contribution >= 4 is 5.97 Å². The molecule has 0 bridgehead atoms. The minimum Gasteiger partial charge on any atom is -0.481 e. The van der Waals surface area contributed by atoms with Crippen LogP contribution in [0.25, 0.3) is 0 Å². The van der Waals surface area contributed by atoms with E-state index < -0.39 is 5.97 Å². The molecule has 0 heterocycles. The summed E-state index contributed by atoms with van der Waals surface area (Å²) in [5.74, 6) is -0.566. The zero-order valence-corrected chi connectivity index (χ0v) is 13.1. The molecule has 0 aromatic rings. The number of carbonyl (C=O) groups is 1. The molecule has 1 N–H and O–H groups in total. The van der Waals surface area contributed by atoms with E-state index in [-0.39, 0.29) is 12.3 Å². The lowest BCUT2D eigenvalue weighted by Gasteiger charge is -2.15. The Labute approximate surface area is 118 Å². The molecule has 0 aliphatic heterocycles. The second-order valence-electron chi connectivity index (χ2n) is 5.78. The first-order valence-electron chi connectivity index (χ1n) is 6.98. The predicted molar refractivity (Wildman–Crippen MR) is 81.3 cm³/mol. The second kappa shape index (κ2) is 9.79. The minimum absolute atomic E-state index is 0.145. The van der Waals surface area contributed by atoms with Crippen molar-refractivity contribution in [1.29, 1.82) is 0 Å². The number of carboxylic acids is 1. The number of hydrogen-bond donors (Lipinski definition) is 1. The molecular weight excluding hydrogens is 238 g/mol. The molecule has 0 saturated heterocycles. The van der Waals surface area contributed by atoms with Crippen molar-refractivity contribution in [1.82, 2.24) is 4.90 Å². The van der Waals surface area contributed by atoms with E-state index >= 15 is 0 Å². The number of aliphatic carboxylic acids is 1. The lowest BCUT2D eigenvalue weighted by atomic mass is 9.96. The van der Waals surface area contributed by atoms with Gasteiger partial charge in [-0.05, 0) is 66.6 Å². The molecule has 0 fully saturated rings. The summed E-state index contributed by atoms with van der Waals surface area (Å²) in [6.07, 6.45) is 7.56. The molecule has 3 heteroatoms. The van der Waals surface area contributed by atoms with Gasteiger partial charge in [-0.2, -0.15) is 0 Å². The Hall–Kier alpha value is -1.09. The van der Waals surface area contributed by atoms with Crippen molar-refractivity contribution in [3.05, 3.63) is 23.3 Å². The number of rotatable bonds is 9. The first-order valence-corrected chi connectivity index (χ1v) is 6.98. The van der Waals surface area contributed by atoms with Crippen LogP contribution in [0.2, 0.25) is 0 Å². The topological polar surface area (TPSA) is 40.5 Å². The summed E-state index contributed by atoms with van der Waals surface area (Å²) in [4.78, 5) is 13.0. The number of allylic oxidation sites excluding steroid dienone is 4. The molecule has 1 unspecified atom stereocenters. The fraction of sp³-hybridized carbons (Fsp3) is 0.688. The number of nitrogens with zero attached hydrogens (tertiary/aromatic N) is 1. The monoisotopic (exact) mass is 267 g/mol. The van der Waals surface area contributed by atoms with E-state index in [0.717, 1.165) is 25.8 Å². The first-order chi connectivity index (χ1) is 8.81. The second-order valence-corrected chi connectivity index (χ2v) is 5.78. The molecule has 0 radical (unpaired) electrons. The van der Waals surface area contributed by atoms with Crippen LogP contribution in [-0.2, 0) is 4.79 Å². The van der Waals surface area contributed by atoms with Gasteiger partial charge < -0.3 is 10.0 Å². The molecule has 0 aliphatic carbocycles. The summed E-state index contributed by atoms with van der Waals surface area (Å²) < 4.78 is 0. The highest BCUT2D eigenvalue weighted by Gasteiger charge is 2.11. The van der Waals surface area contributed by atoms with Crippen molar-refractivity contribution < 1.29 is 9.90 Å². The Balaban J connectivity index is 4.40. The summed E-state index contributed by atoms with van der Waals surface area (Å²) >= 11 is 0. The van der Waals surface area contributed by atoms with E-state index in [2.05, 4.69) is 37.8 Å². The summed E-state index contributed by atoms with van der Waals surface area (Å²) in [5, 5.41) is 8.96. The van der Waals surface area contributed by atoms with Gasteiger partial charge >= 0.3 is 5.97 Å². The van der Waals surface area contributed by atoms with Gasteiger partial charge in [-0.1, -0.05) is 23.3 Å². The highest BCUT2D eigenvalue weighted by atomic mass is 16.4. The Morgan fingerprint density at radius 1 is 1.26 bits per heavy atom. The zero-order valence-electron chi connectivity index (χ0n) is 13.1. The van der Waals surface area contributed by atoms with Gasteiger partial charge in [-0.15, -0.1) is 0 Å². The van der Waals surface area contributed by atoms with Gasteiger partial charge in [0.25, 0.3) is 0 Å². The van der Waals surface area contributed by atoms with Gasteiger partial charge in [-0.25, -0.2) is 0 Å². The Kier molecular flexibility index (Phi) is 9.23. The van der Waals surface area contributed by atoms with Crippen LogP contribution in [0.4, 0.5) is 0 Å². The van der Waals surface area contributed by atoms with Crippen LogP contribution >= 0.6 is 0 Å². The predicted octanol–water partition coefficient (Wildman–Crippen LogP) is 3.72. The van der Waals surface area contributed by atoms with Crippen molar-refractivity contribution in [2.24, 2.45) is 5.92 Å². The molecular formula is C16H29NO2. The lowest BCUT2D eigenvalue weighted by Crippen LogP contribution is -2.17. The maximum Gasteiger partial charge on any atom is 0.303 e. The normalized spacial score (nSPS) is 13.5. The van der Waals surface area contributed by atoms with Crippen LogP contribution in [0.15, 0.2) is 23.3 Å². The highest BCUT2D eigenvalue weighted by molar-refractivity contribution is 5.67. The van der Waals surface area contributed by atoms with Crippen molar-refractivity contribution in [2.75, 3.05) is 20.6 Å². The summed E-state index contributed by atoms with van der Waals surface area (Å²) in [5.41, 5.74) is 2.63. The van der Waals surface area contributed by atoms with Crippen LogP contribution in [0.3, 0.4) is 0 Å². The van der Waals surface area contributed by atoms with Gasteiger partial charge in [0.15, 0.2) is 0 Å². The Morgan fingerprint density at radius 3 is 2.37 bits per heavy atom. The first kappa shape index (κ1) is 17.9. The van der Waals surface area contributed by atoms with Gasteiger partial charge in [-0.3, -0.25) is 4.79 Å². The van der Waals surface area contributed by atoms with E-state index in [4.69, 9.17) is 5.11 Å². The average Bonchev–Trinajstić information content (AvgIpc) is 2.24. The summed E-state index contributed by atoms with van der Waals surface area (Å²) in [7, 11) is 4.03. The van der Waals surface area contributed by atoms with Gasteiger partial charge in [0.05, 0.1) is 6.42 Å². The fourth-order valence-corrected chi connectivity index (χ4v) is 1.97. The van der Waals surface area contributed by atoms with E-state index in [9.17, 15) is 4.79 Å². The maximum absolute atomic E-state index is 10.9. The quantitative estimate of drug-likeness (QED) is 0.647. The molecule has 0 aromatic heterocycles. The third-order valence-corrected chi connectivity index (χ3v) is 3.00. The molecule has 19 heavy (non-hydrogen) atoms. The molecule has 0 saturated carbocycles. The lowest BCUT2D eigenvalue weighted by molar-refractivity contribution is -0.137. The largest absolute Gasteiger partial charge is 0.481 e. The SMILES string of the molecule is CC(C)=CCCC(C)=CC(CCN(C)C)CC(=O)O. The van der Waals surface area contributed by atoms with Crippen LogP contribution in [0.5, 0.6) is 0 Å². The molecule has 0 spiro atoms. The van der Waals surface area contributed by atoms with E-state index in [1.165, 1.54) is 11.1 Å². The smallest absolute Gasteiger partial charge is 0.303 e. The summed E-state index contributed by atoms with van der Waals surface area (Å²) in [6.45, 7) is 7.23. The van der Waals surface area contributed by atoms with Crippen LogP contribution in [0, 0.1) is 5.92 Å². The third-order valence-electron chi connectivity index (χ3n) is 3.00. The van der Waals surface area contributed by atoms with E-state index in [0.29, 0.717) is 0 Å². The van der Waals surface area contributed by atoms with Gasteiger partial charge in [0.1, 0.15) is 0 Å². The van der Waals surface area contributed by atoms with Crippen molar-refractivity contribution in [2.45, 2.75) is 46.5 Å². The molecule has 0 rings (SSSR count). The molecule has 0 aromatic carbocycles. The van der Waals surface area contributed by atoms with Crippen LogP contribution in [-0.4, -0.2) is 36.6 Å². The Morgan fingerprint density at radius 2 is 1.89 bits per heavy atom. The summed E-state index contributed by atoms with van der Waals surface area (Å²) in [6, 6.07) is 0. The maximum atomic E-state index is 10.9. The molecule has 0 aliphatic rings.